The molecule has 1 N–H and O–H groups in total. The van der Waals surface area contributed by atoms with Crippen molar-refractivity contribution in [2.75, 3.05) is 11.9 Å². The molecule has 3 aromatic carbocycles. The predicted octanol–water partition coefficient (Wildman–Crippen LogP) is 6.03. The van der Waals surface area contributed by atoms with Gasteiger partial charge in [0, 0.05) is 4.47 Å². The van der Waals surface area contributed by atoms with Gasteiger partial charge in [0.2, 0.25) is 0 Å². The Bertz CT molecular complexity index is 944. The molecule has 3 rings (SSSR count). The number of anilines is 1. The van der Waals surface area contributed by atoms with E-state index >= 15 is 0 Å². The van der Waals surface area contributed by atoms with Crippen molar-refractivity contribution >= 4 is 27.5 Å². The first-order valence-electron chi connectivity index (χ1n) is 8.33. The third-order valence-electron chi connectivity index (χ3n) is 3.67. The van der Waals surface area contributed by atoms with Gasteiger partial charge >= 0.3 is 0 Å². The summed E-state index contributed by atoms with van der Waals surface area (Å²) in [4.78, 5) is 12.5. The summed E-state index contributed by atoms with van der Waals surface area (Å²) in [5.74, 6) is 0.906. The highest BCUT2D eigenvalue weighted by Gasteiger charge is 2.14. The first-order chi connectivity index (χ1) is 13.1. The summed E-state index contributed by atoms with van der Waals surface area (Å²) >= 11 is 3.27. The minimum atomic E-state index is -0.484. The topological polar surface area (TPSA) is 47.6 Å². The van der Waals surface area contributed by atoms with Crippen LogP contribution in [-0.4, -0.2) is 12.5 Å². The van der Waals surface area contributed by atoms with E-state index in [0.29, 0.717) is 28.3 Å². The number of para-hydroxylation sites is 2. The Morgan fingerprint density at radius 1 is 1.04 bits per heavy atom. The van der Waals surface area contributed by atoms with E-state index in [1.165, 1.54) is 18.2 Å². The van der Waals surface area contributed by atoms with E-state index in [1.807, 2.05) is 19.1 Å². The molecule has 0 bridgehead atoms. The minimum Gasteiger partial charge on any atom is -0.494 e. The van der Waals surface area contributed by atoms with Crippen LogP contribution in [0.25, 0.3) is 0 Å². The number of benzene rings is 3. The van der Waals surface area contributed by atoms with Gasteiger partial charge in [-0.15, -0.1) is 0 Å². The van der Waals surface area contributed by atoms with Crippen LogP contribution in [0.3, 0.4) is 0 Å². The van der Waals surface area contributed by atoms with Gasteiger partial charge in [0.1, 0.15) is 17.3 Å². The van der Waals surface area contributed by atoms with E-state index in [4.69, 9.17) is 9.47 Å². The molecule has 6 heteroatoms. The van der Waals surface area contributed by atoms with Crippen molar-refractivity contribution in [2.24, 2.45) is 0 Å². The molecule has 0 fully saturated rings. The van der Waals surface area contributed by atoms with E-state index in [9.17, 15) is 9.18 Å². The van der Waals surface area contributed by atoms with Crippen molar-refractivity contribution in [1.82, 2.24) is 0 Å². The van der Waals surface area contributed by atoms with Gasteiger partial charge in [-0.3, -0.25) is 4.79 Å². The number of carbonyl (C=O) groups is 1. The van der Waals surface area contributed by atoms with E-state index in [-0.39, 0.29) is 5.56 Å². The molecule has 0 saturated carbocycles. The molecule has 0 aliphatic heterocycles. The van der Waals surface area contributed by atoms with Gasteiger partial charge in [0.05, 0.1) is 17.9 Å². The molecule has 0 aromatic heterocycles. The van der Waals surface area contributed by atoms with E-state index < -0.39 is 11.7 Å². The van der Waals surface area contributed by atoms with Gasteiger partial charge < -0.3 is 14.8 Å². The van der Waals surface area contributed by atoms with Crippen molar-refractivity contribution in [3.63, 3.8) is 0 Å². The number of halogens is 2. The molecule has 0 aliphatic carbocycles. The second-order valence-corrected chi connectivity index (χ2v) is 6.44. The molecule has 138 valence electrons. The molecule has 0 saturated heterocycles. The van der Waals surface area contributed by atoms with Crippen LogP contribution in [0.2, 0.25) is 0 Å². The lowest BCUT2D eigenvalue weighted by Crippen LogP contribution is -2.13. The minimum absolute atomic E-state index is 0.200. The Morgan fingerprint density at radius 2 is 1.74 bits per heavy atom. The zero-order valence-corrected chi connectivity index (χ0v) is 16.1. The Hall–Kier alpha value is -2.86. The highest BCUT2D eigenvalue weighted by molar-refractivity contribution is 9.10. The molecule has 3 aromatic rings. The van der Waals surface area contributed by atoms with Crippen LogP contribution in [0.5, 0.6) is 17.2 Å². The van der Waals surface area contributed by atoms with Crippen LogP contribution in [0.15, 0.2) is 71.2 Å². The first kappa shape index (κ1) is 18.9. The number of hydrogen-bond donors (Lipinski definition) is 1. The number of ether oxygens (including phenoxy) is 2. The number of rotatable bonds is 6. The van der Waals surface area contributed by atoms with Crippen LogP contribution in [-0.2, 0) is 0 Å². The highest BCUT2D eigenvalue weighted by atomic mass is 79.9. The van der Waals surface area contributed by atoms with Gasteiger partial charge in [-0.2, -0.15) is 0 Å². The summed E-state index contributed by atoms with van der Waals surface area (Å²) < 4.78 is 25.3. The molecule has 0 heterocycles. The fraction of sp³-hybridized carbons (Fsp3) is 0.0952. The molecule has 0 spiro atoms. The Morgan fingerprint density at radius 3 is 2.48 bits per heavy atom. The summed E-state index contributed by atoms with van der Waals surface area (Å²) in [5.41, 5.74) is 0.679. The summed E-state index contributed by atoms with van der Waals surface area (Å²) in [6.45, 7) is 2.50. The third-order valence-corrected chi connectivity index (χ3v) is 4.36. The SMILES string of the molecule is CCOc1ccc(Oc2ccccc2NC(=O)c2cc(F)ccc2Br)cc1. The zero-order chi connectivity index (χ0) is 19.2. The molecule has 1 amide bonds. The summed E-state index contributed by atoms with van der Waals surface area (Å²) in [7, 11) is 0. The van der Waals surface area contributed by atoms with Crippen LogP contribution < -0.4 is 14.8 Å². The maximum atomic E-state index is 13.5. The van der Waals surface area contributed by atoms with E-state index in [1.54, 1.807) is 36.4 Å². The fourth-order valence-corrected chi connectivity index (χ4v) is 2.84. The molecule has 0 aliphatic rings. The average Bonchev–Trinajstić information content (AvgIpc) is 2.67. The third kappa shape index (κ3) is 4.86. The van der Waals surface area contributed by atoms with Crippen LogP contribution in [0.4, 0.5) is 10.1 Å². The summed E-state index contributed by atoms with van der Waals surface area (Å²) in [6, 6.07) is 18.2. The molecule has 0 atom stereocenters. The lowest BCUT2D eigenvalue weighted by atomic mass is 10.2. The smallest absolute Gasteiger partial charge is 0.257 e. The Balaban J connectivity index is 1.79. The van der Waals surface area contributed by atoms with Gasteiger partial charge in [-0.25, -0.2) is 4.39 Å². The molecular formula is C21H17BrFNO3. The van der Waals surface area contributed by atoms with Crippen LogP contribution >= 0.6 is 15.9 Å². The van der Waals surface area contributed by atoms with Crippen LogP contribution in [0, 0.1) is 5.82 Å². The Labute approximate surface area is 165 Å². The van der Waals surface area contributed by atoms with Crippen molar-refractivity contribution in [3.8, 4) is 17.2 Å². The molecule has 27 heavy (non-hydrogen) atoms. The molecular weight excluding hydrogens is 413 g/mol. The maximum Gasteiger partial charge on any atom is 0.257 e. The highest BCUT2D eigenvalue weighted by Crippen LogP contribution is 2.31. The second-order valence-electron chi connectivity index (χ2n) is 5.58. The van der Waals surface area contributed by atoms with Crippen molar-refractivity contribution in [1.29, 1.82) is 0 Å². The molecule has 0 unspecified atom stereocenters. The van der Waals surface area contributed by atoms with Crippen molar-refractivity contribution in [2.45, 2.75) is 6.92 Å². The first-order valence-corrected chi connectivity index (χ1v) is 9.12. The lowest BCUT2D eigenvalue weighted by molar-refractivity contribution is 0.102. The number of hydrogen-bond acceptors (Lipinski definition) is 3. The lowest BCUT2D eigenvalue weighted by Gasteiger charge is -2.13. The summed E-state index contributed by atoms with van der Waals surface area (Å²) in [5, 5.41) is 2.76. The largest absolute Gasteiger partial charge is 0.494 e. The number of nitrogens with one attached hydrogen (secondary N) is 1. The summed E-state index contributed by atoms with van der Waals surface area (Å²) in [6.07, 6.45) is 0. The van der Waals surface area contributed by atoms with Crippen molar-refractivity contribution in [3.05, 3.63) is 82.6 Å². The molecule has 0 radical (unpaired) electrons. The van der Waals surface area contributed by atoms with Gasteiger partial charge in [0.15, 0.2) is 5.75 Å². The second kappa shape index (κ2) is 8.68. The van der Waals surface area contributed by atoms with Crippen LogP contribution in [0.1, 0.15) is 17.3 Å². The zero-order valence-electron chi connectivity index (χ0n) is 14.5. The van der Waals surface area contributed by atoms with E-state index in [0.717, 1.165) is 5.75 Å². The fourth-order valence-electron chi connectivity index (χ4n) is 2.42. The van der Waals surface area contributed by atoms with Crippen molar-refractivity contribution < 1.29 is 18.7 Å². The average molecular weight is 430 g/mol. The van der Waals surface area contributed by atoms with Gasteiger partial charge in [-0.05, 0) is 77.5 Å². The maximum absolute atomic E-state index is 13.5. The monoisotopic (exact) mass is 429 g/mol. The van der Waals surface area contributed by atoms with Gasteiger partial charge in [-0.1, -0.05) is 12.1 Å². The quantitative estimate of drug-likeness (QED) is 0.520. The number of carbonyl (C=O) groups excluding carboxylic acids is 1. The van der Waals surface area contributed by atoms with Gasteiger partial charge in [0.25, 0.3) is 5.91 Å². The molecule has 4 nitrogen and oxygen atoms in total. The Kier molecular flexibility index (Phi) is 6.08. The standard InChI is InChI=1S/C21H17BrFNO3/c1-2-26-15-8-10-16(11-9-15)27-20-6-4-3-5-19(20)24-21(25)17-13-14(23)7-12-18(17)22/h3-13H,2H2,1H3,(H,24,25). The predicted molar refractivity (Wildman–Crippen MR) is 106 cm³/mol. The van der Waals surface area contributed by atoms with E-state index in [2.05, 4.69) is 21.2 Å². The normalized spacial score (nSPS) is 10.3. The number of amides is 1.